The summed E-state index contributed by atoms with van der Waals surface area (Å²) in [5, 5.41) is 3.17. The maximum atomic E-state index is 5.36. The van der Waals surface area contributed by atoms with Crippen LogP contribution in [0.3, 0.4) is 0 Å². The fourth-order valence-corrected chi connectivity index (χ4v) is 2.37. The van der Waals surface area contributed by atoms with Crippen molar-refractivity contribution in [2.45, 2.75) is 6.92 Å². The largest absolute Gasteiger partial charge is 0.464 e. The van der Waals surface area contributed by atoms with Gasteiger partial charge in [0.15, 0.2) is 0 Å². The molecular formula is C14H11NOS. The summed E-state index contributed by atoms with van der Waals surface area (Å²) in [6.45, 7) is 2.02. The van der Waals surface area contributed by atoms with E-state index in [1.54, 1.807) is 17.6 Å². The molecule has 0 N–H and O–H groups in total. The molecular weight excluding hydrogens is 230 g/mol. The van der Waals surface area contributed by atoms with Gasteiger partial charge in [0.25, 0.3) is 0 Å². The lowest BCUT2D eigenvalue weighted by Gasteiger charge is -1.99. The van der Waals surface area contributed by atoms with Gasteiger partial charge >= 0.3 is 0 Å². The van der Waals surface area contributed by atoms with Crippen LogP contribution < -0.4 is 0 Å². The Bertz CT molecular complexity index is 608. The number of hydrogen-bond acceptors (Lipinski definition) is 3. The van der Waals surface area contributed by atoms with E-state index >= 15 is 0 Å². The Kier molecular flexibility index (Phi) is 2.53. The standard InChI is InChI=1S/C14H11NOS/c1-10-15-13(9-17-10)11-4-6-12(7-5-11)14-3-2-8-16-14/h2-9H,1H3. The smallest absolute Gasteiger partial charge is 0.133 e. The van der Waals surface area contributed by atoms with E-state index in [4.69, 9.17) is 4.42 Å². The highest BCUT2D eigenvalue weighted by atomic mass is 32.1. The predicted molar refractivity (Wildman–Crippen MR) is 70.0 cm³/mol. The third-order valence-electron chi connectivity index (χ3n) is 2.61. The lowest BCUT2D eigenvalue weighted by Crippen LogP contribution is -1.79. The Hall–Kier alpha value is -1.87. The molecule has 0 radical (unpaired) electrons. The maximum Gasteiger partial charge on any atom is 0.133 e. The molecule has 0 unspecified atom stereocenters. The van der Waals surface area contributed by atoms with Crippen LogP contribution in [0.4, 0.5) is 0 Å². The molecule has 3 heteroatoms. The predicted octanol–water partition coefficient (Wildman–Crippen LogP) is 4.38. The van der Waals surface area contributed by atoms with Crippen molar-refractivity contribution in [3.63, 3.8) is 0 Å². The summed E-state index contributed by atoms with van der Waals surface area (Å²) >= 11 is 1.67. The second-order valence-electron chi connectivity index (χ2n) is 3.81. The monoisotopic (exact) mass is 241 g/mol. The molecule has 3 rings (SSSR count). The fraction of sp³-hybridized carbons (Fsp3) is 0.0714. The molecule has 0 atom stereocenters. The number of benzene rings is 1. The average molecular weight is 241 g/mol. The van der Waals surface area contributed by atoms with Crippen LogP contribution in [0.2, 0.25) is 0 Å². The van der Waals surface area contributed by atoms with Gasteiger partial charge in [-0.1, -0.05) is 24.3 Å². The van der Waals surface area contributed by atoms with E-state index in [-0.39, 0.29) is 0 Å². The summed E-state index contributed by atoms with van der Waals surface area (Å²) in [5.41, 5.74) is 3.27. The number of furan rings is 1. The van der Waals surface area contributed by atoms with Crippen LogP contribution in [0.25, 0.3) is 22.6 Å². The molecule has 0 spiro atoms. The molecule has 1 aromatic carbocycles. The van der Waals surface area contributed by atoms with Crippen LogP contribution in [0.1, 0.15) is 5.01 Å². The summed E-state index contributed by atoms with van der Waals surface area (Å²) in [6.07, 6.45) is 1.69. The maximum absolute atomic E-state index is 5.36. The molecule has 0 saturated carbocycles. The quantitative estimate of drug-likeness (QED) is 0.665. The number of hydrogen-bond donors (Lipinski definition) is 0. The summed E-state index contributed by atoms with van der Waals surface area (Å²) < 4.78 is 5.36. The summed E-state index contributed by atoms with van der Waals surface area (Å²) in [6, 6.07) is 12.1. The first-order valence-electron chi connectivity index (χ1n) is 5.39. The molecule has 0 bridgehead atoms. The molecule has 0 aliphatic heterocycles. The van der Waals surface area contributed by atoms with Gasteiger partial charge in [-0.05, 0) is 19.1 Å². The zero-order chi connectivity index (χ0) is 11.7. The zero-order valence-electron chi connectivity index (χ0n) is 9.38. The normalized spacial score (nSPS) is 10.6. The van der Waals surface area contributed by atoms with Crippen molar-refractivity contribution >= 4 is 11.3 Å². The average Bonchev–Trinajstić information content (AvgIpc) is 3.00. The molecule has 0 fully saturated rings. The first kappa shape index (κ1) is 10.3. The summed E-state index contributed by atoms with van der Waals surface area (Å²) in [5.74, 6) is 0.894. The number of nitrogens with zero attached hydrogens (tertiary/aromatic N) is 1. The zero-order valence-corrected chi connectivity index (χ0v) is 10.2. The van der Waals surface area contributed by atoms with Gasteiger partial charge in [-0.25, -0.2) is 4.98 Å². The Labute approximate surface area is 104 Å². The van der Waals surface area contributed by atoms with E-state index in [1.165, 1.54) is 0 Å². The van der Waals surface area contributed by atoms with E-state index in [2.05, 4.69) is 34.6 Å². The topological polar surface area (TPSA) is 26.0 Å². The van der Waals surface area contributed by atoms with Gasteiger partial charge < -0.3 is 4.42 Å². The van der Waals surface area contributed by atoms with Crippen LogP contribution in [0.5, 0.6) is 0 Å². The van der Waals surface area contributed by atoms with Crippen LogP contribution in [0.15, 0.2) is 52.5 Å². The SMILES string of the molecule is Cc1nc(-c2ccc(-c3ccco3)cc2)cs1. The second-order valence-corrected chi connectivity index (χ2v) is 4.87. The Morgan fingerprint density at radius 2 is 1.82 bits per heavy atom. The highest BCUT2D eigenvalue weighted by Gasteiger charge is 2.04. The number of thiazole rings is 1. The first-order valence-corrected chi connectivity index (χ1v) is 6.27. The minimum atomic E-state index is 0.894. The van der Waals surface area contributed by atoms with Gasteiger partial charge in [-0.15, -0.1) is 11.3 Å². The molecule has 0 aliphatic carbocycles. The van der Waals surface area contributed by atoms with Gasteiger partial charge in [-0.3, -0.25) is 0 Å². The van der Waals surface area contributed by atoms with Crippen molar-refractivity contribution in [2.24, 2.45) is 0 Å². The Balaban J connectivity index is 1.95. The van der Waals surface area contributed by atoms with Crippen molar-refractivity contribution < 1.29 is 4.42 Å². The Morgan fingerprint density at radius 1 is 1.06 bits per heavy atom. The lowest BCUT2D eigenvalue weighted by atomic mass is 10.1. The molecule has 0 amide bonds. The van der Waals surface area contributed by atoms with Crippen molar-refractivity contribution in [3.05, 3.63) is 53.0 Å². The molecule has 0 saturated heterocycles. The number of aromatic nitrogens is 1. The van der Waals surface area contributed by atoms with Crippen LogP contribution in [-0.2, 0) is 0 Å². The highest BCUT2D eigenvalue weighted by Crippen LogP contribution is 2.25. The molecule has 0 aliphatic rings. The van der Waals surface area contributed by atoms with Crippen molar-refractivity contribution in [1.29, 1.82) is 0 Å². The van der Waals surface area contributed by atoms with Gasteiger partial charge in [0.05, 0.1) is 17.0 Å². The molecule has 2 heterocycles. The first-order chi connectivity index (χ1) is 8.33. The van der Waals surface area contributed by atoms with Crippen molar-refractivity contribution in [1.82, 2.24) is 4.98 Å². The van der Waals surface area contributed by atoms with E-state index < -0.39 is 0 Å². The third-order valence-corrected chi connectivity index (χ3v) is 3.38. The molecule has 2 nitrogen and oxygen atoms in total. The van der Waals surface area contributed by atoms with Gasteiger partial charge in [0, 0.05) is 16.5 Å². The minimum Gasteiger partial charge on any atom is -0.464 e. The van der Waals surface area contributed by atoms with E-state index in [0.29, 0.717) is 0 Å². The van der Waals surface area contributed by atoms with E-state index in [1.807, 2.05) is 19.1 Å². The molecule has 3 aromatic rings. The van der Waals surface area contributed by atoms with Gasteiger partial charge in [-0.2, -0.15) is 0 Å². The molecule has 17 heavy (non-hydrogen) atoms. The summed E-state index contributed by atoms with van der Waals surface area (Å²) in [4.78, 5) is 4.47. The molecule has 84 valence electrons. The Morgan fingerprint density at radius 3 is 2.41 bits per heavy atom. The van der Waals surface area contributed by atoms with E-state index in [9.17, 15) is 0 Å². The lowest BCUT2D eigenvalue weighted by molar-refractivity contribution is 0.582. The van der Waals surface area contributed by atoms with E-state index in [0.717, 1.165) is 27.6 Å². The van der Waals surface area contributed by atoms with Crippen LogP contribution >= 0.6 is 11.3 Å². The van der Waals surface area contributed by atoms with Gasteiger partial charge in [0.1, 0.15) is 5.76 Å². The van der Waals surface area contributed by atoms with Crippen molar-refractivity contribution in [3.8, 4) is 22.6 Å². The number of aryl methyl sites for hydroxylation is 1. The van der Waals surface area contributed by atoms with Crippen LogP contribution in [-0.4, -0.2) is 4.98 Å². The van der Waals surface area contributed by atoms with Crippen LogP contribution in [0, 0.1) is 6.92 Å². The fourth-order valence-electron chi connectivity index (χ4n) is 1.74. The van der Waals surface area contributed by atoms with Crippen molar-refractivity contribution in [2.75, 3.05) is 0 Å². The molecule has 2 aromatic heterocycles. The highest BCUT2D eigenvalue weighted by molar-refractivity contribution is 7.09. The van der Waals surface area contributed by atoms with Gasteiger partial charge in [0.2, 0.25) is 0 Å². The third kappa shape index (κ3) is 2.01. The minimum absolute atomic E-state index is 0.894. The number of rotatable bonds is 2. The summed E-state index contributed by atoms with van der Waals surface area (Å²) in [7, 11) is 0. The second kappa shape index (κ2) is 4.18.